The molecule has 3 aliphatic rings. The van der Waals surface area contributed by atoms with Gasteiger partial charge in [0.25, 0.3) is 5.91 Å². The smallest absolute Gasteiger partial charge is 0.254 e. The van der Waals surface area contributed by atoms with Gasteiger partial charge in [-0.15, -0.1) is 0 Å². The number of hydrogen-bond donors (Lipinski definition) is 2. The predicted molar refractivity (Wildman–Crippen MR) is 160 cm³/mol. The summed E-state index contributed by atoms with van der Waals surface area (Å²) in [5, 5.41) is 12.8. The van der Waals surface area contributed by atoms with Crippen LogP contribution in [-0.2, 0) is 16.1 Å². The second-order valence-corrected chi connectivity index (χ2v) is 11.1. The van der Waals surface area contributed by atoms with Gasteiger partial charge in [0, 0.05) is 56.0 Å². The quantitative estimate of drug-likeness (QED) is 0.328. The lowest BCUT2D eigenvalue weighted by Crippen LogP contribution is -2.46. The first-order chi connectivity index (χ1) is 22.3. The molecule has 226 valence electrons. The molecule has 3 amide bonds. The van der Waals surface area contributed by atoms with Crippen molar-refractivity contribution >= 4 is 23.5 Å². The van der Waals surface area contributed by atoms with Gasteiger partial charge in [-0.1, -0.05) is 24.8 Å². The van der Waals surface area contributed by atoms with E-state index < -0.39 is 36.0 Å². The van der Waals surface area contributed by atoms with Gasteiger partial charge in [-0.3, -0.25) is 19.7 Å². The van der Waals surface area contributed by atoms with Crippen LogP contribution in [0.2, 0.25) is 0 Å². The second kappa shape index (κ2) is 11.6. The number of rotatable bonds is 6. The van der Waals surface area contributed by atoms with Crippen LogP contribution in [0.3, 0.4) is 0 Å². The van der Waals surface area contributed by atoms with E-state index in [9.17, 15) is 19.5 Å². The number of likely N-dealkylation sites (N-methyl/N-ethyl adjacent to an activating group) is 1. The number of nitrogens with one attached hydrogen (secondary N) is 1. The number of nitrogens with zero attached hydrogens (tertiary/aromatic N) is 4. The number of aromatic hydroxyl groups is 1. The molecule has 3 aromatic rings. The summed E-state index contributed by atoms with van der Waals surface area (Å²) < 4.78 is 42.4. The van der Waals surface area contributed by atoms with Crippen molar-refractivity contribution in [2.75, 3.05) is 51.2 Å². The highest BCUT2D eigenvalue weighted by molar-refractivity contribution is 6.08. The maximum absolute atomic E-state index is 15.5. The van der Waals surface area contributed by atoms with Gasteiger partial charge >= 0.3 is 0 Å². The third-order valence-corrected chi connectivity index (χ3v) is 8.36. The average molecular weight is 601 g/mol. The van der Waals surface area contributed by atoms with Crippen molar-refractivity contribution in [3.8, 4) is 34.6 Å². The van der Waals surface area contributed by atoms with E-state index in [0.29, 0.717) is 11.4 Å². The molecule has 0 aliphatic carbocycles. The molecule has 4 heterocycles. The molecule has 10 nitrogen and oxygen atoms in total. The van der Waals surface area contributed by atoms with Crippen LogP contribution in [-0.4, -0.2) is 83.9 Å². The number of pyridine rings is 1. The molecule has 0 radical (unpaired) electrons. The first-order valence-electron chi connectivity index (χ1n) is 15.8. The molecule has 0 unspecified atom stereocenters. The number of anilines is 1. The van der Waals surface area contributed by atoms with E-state index in [4.69, 9.17) is 8.85 Å². The van der Waals surface area contributed by atoms with E-state index in [-0.39, 0.29) is 53.4 Å². The number of carbonyl (C=O) groups is 3. The Kier molecular flexibility index (Phi) is 6.74. The van der Waals surface area contributed by atoms with E-state index in [2.05, 4.69) is 38.9 Å². The summed E-state index contributed by atoms with van der Waals surface area (Å²) in [5.41, 5.74) is -0.393. The summed E-state index contributed by atoms with van der Waals surface area (Å²) in [5.74, 6) is 3.73. The van der Waals surface area contributed by atoms with E-state index >= 15 is 4.39 Å². The Morgan fingerprint density at radius 1 is 1.09 bits per heavy atom. The average Bonchev–Trinajstić information content (AvgIpc) is 3.49. The highest BCUT2D eigenvalue weighted by Gasteiger charge is 2.48. The summed E-state index contributed by atoms with van der Waals surface area (Å²) in [4.78, 5) is 49.0. The van der Waals surface area contributed by atoms with Crippen molar-refractivity contribution in [1.29, 1.82) is 0 Å². The number of benzene rings is 2. The lowest BCUT2D eigenvalue weighted by Gasteiger charge is -2.34. The van der Waals surface area contributed by atoms with Crippen LogP contribution < -0.4 is 15.0 Å². The number of halogens is 1. The van der Waals surface area contributed by atoms with Crippen LogP contribution in [0.4, 0.5) is 10.2 Å². The first kappa shape index (κ1) is 25.5. The van der Waals surface area contributed by atoms with Gasteiger partial charge in [-0.05, 0) is 54.6 Å². The SMILES string of the molecule is [2H]C([2H])([2H])Oc1ccc2c(c1)C(=O)N(C[C@@]1(C#Cc3ccc(-c4nc(N5CCN(CC)CC5)ccc4O)c(F)c3)CC(=O)NC1=O)C2. The standard InChI is InChI=1S/C33H32FN5O5/c1-3-37-12-14-38(15-13-37)28-9-8-27(40)30(35-28)24-7-4-21(16-26(24)34)10-11-33(18-29(41)36-32(33)43)20-39-19-22-5-6-23(44-2)17-25(22)31(39)42/h4-9,16-17,40H,3,12-15,18-20H2,1-2H3,(H,36,41,43)/t33-/m1/s1/i2D3. The maximum Gasteiger partial charge on any atom is 0.254 e. The molecule has 0 spiro atoms. The number of ether oxygens (including phenoxy) is 1. The van der Waals surface area contributed by atoms with Crippen molar-refractivity contribution in [2.24, 2.45) is 5.41 Å². The predicted octanol–water partition coefficient (Wildman–Crippen LogP) is 2.78. The number of carbonyl (C=O) groups excluding carboxylic acids is 3. The summed E-state index contributed by atoms with van der Waals surface area (Å²) in [7, 11) is -2.69. The van der Waals surface area contributed by atoms with Crippen molar-refractivity contribution in [2.45, 2.75) is 19.9 Å². The van der Waals surface area contributed by atoms with Gasteiger partial charge in [-0.25, -0.2) is 9.37 Å². The van der Waals surface area contributed by atoms with Gasteiger partial charge in [0.1, 0.15) is 34.2 Å². The zero-order valence-corrected chi connectivity index (χ0v) is 24.0. The second-order valence-electron chi connectivity index (χ2n) is 11.1. The molecule has 0 saturated carbocycles. The van der Waals surface area contributed by atoms with Crippen LogP contribution in [0.5, 0.6) is 11.5 Å². The van der Waals surface area contributed by atoms with Gasteiger partial charge < -0.3 is 24.5 Å². The highest BCUT2D eigenvalue weighted by atomic mass is 19.1. The molecule has 2 N–H and O–H groups in total. The topological polar surface area (TPSA) is 115 Å². The van der Waals surface area contributed by atoms with Crippen molar-refractivity contribution in [3.63, 3.8) is 0 Å². The molecule has 11 heteroatoms. The maximum atomic E-state index is 15.5. The molecule has 3 aliphatic heterocycles. The van der Waals surface area contributed by atoms with Gasteiger partial charge in [0.05, 0.1) is 17.6 Å². The largest absolute Gasteiger partial charge is 0.506 e. The monoisotopic (exact) mass is 600 g/mol. The minimum Gasteiger partial charge on any atom is -0.506 e. The molecule has 1 aromatic heterocycles. The highest BCUT2D eigenvalue weighted by Crippen LogP contribution is 2.35. The van der Waals surface area contributed by atoms with Crippen LogP contribution in [0.1, 0.15) is 38.9 Å². The summed E-state index contributed by atoms with van der Waals surface area (Å²) in [6, 6.07) is 11.7. The van der Waals surface area contributed by atoms with E-state index in [1.54, 1.807) is 12.1 Å². The Bertz CT molecular complexity index is 1830. The number of imide groups is 1. The molecular formula is C33H32FN5O5. The van der Waals surface area contributed by atoms with Crippen molar-refractivity contribution < 1.29 is 32.7 Å². The molecule has 6 rings (SSSR count). The van der Waals surface area contributed by atoms with Crippen molar-refractivity contribution in [1.82, 2.24) is 20.1 Å². The number of piperazine rings is 1. The normalized spacial score (nSPS) is 21.2. The van der Waals surface area contributed by atoms with Crippen LogP contribution in [0.15, 0.2) is 48.5 Å². The zero-order chi connectivity index (χ0) is 33.5. The van der Waals surface area contributed by atoms with Crippen LogP contribution in [0.25, 0.3) is 11.3 Å². The Labute approximate surface area is 258 Å². The number of amides is 3. The number of hydrogen-bond acceptors (Lipinski definition) is 8. The zero-order valence-electron chi connectivity index (χ0n) is 27.0. The molecule has 1 atom stereocenters. The summed E-state index contributed by atoms with van der Waals surface area (Å²) >= 11 is 0. The van der Waals surface area contributed by atoms with E-state index in [1.165, 1.54) is 41.3 Å². The third kappa shape index (κ3) is 5.44. The fourth-order valence-electron chi connectivity index (χ4n) is 5.86. The molecular weight excluding hydrogens is 565 g/mol. The molecule has 2 fully saturated rings. The number of fused-ring (bicyclic) bond motifs is 1. The van der Waals surface area contributed by atoms with Crippen LogP contribution >= 0.6 is 0 Å². The molecule has 44 heavy (non-hydrogen) atoms. The van der Waals surface area contributed by atoms with Crippen LogP contribution in [0, 0.1) is 23.1 Å². The fourth-order valence-corrected chi connectivity index (χ4v) is 5.86. The Morgan fingerprint density at radius 3 is 2.61 bits per heavy atom. The van der Waals surface area contributed by atoms with E-state index in [1.807, 2.05) is 0 Å². The summed E-state index contributed by atoms with van der Waals surface area (Å²) in [6.45, 7) is 6.23. The Morgan fingerprint density at radius 2 is 1.91 bits per heavy atom. The van der Waals surface area contributed by atoms with Gasteiger partial charge in [0.15, 0.2) is 0 Å². The number of methoxy groups -OCH3 is 1. The Balaban J connectivity index is 1.23. The fraction of sp³-hybridized carbons (Fsp3) is 0.333. The Hall–Kier alpha value is -4.95. The lowest BCUT2D eigenvalue weighted by molar-refractivity contribution is -0.127. The van der Waals surface area contributed by atoms with Gasteiger partial charge in [-0.2, -0.15) is 0 Å². The minimum atomic E-state index is -2.69. The molecule has 2 aromatic carbocycles. The first-order valence-corrected chi connectivity index (χ1v) is 14.3. The number of aromatic nitrogens is 1. The van der Waals surface area contributed by atoms with E-state index in [0.717, 1.165) is 32.7 Å². The van der Waals surface area contributed by atoms with Gasteiger partial charge in [0.2, 0.25) is 11.8 Å². The lowest BCUT2D eigenvalue weighted by atomic mass is 9.85. The third-order valence-electron chi connectivity index (χ3n) is 8.36. The minimum absolute atomic E-state index is 0.00206. The van der Waals surface area contributed by atoms with Crippen molar-refractivity contribution in [3.05, 3.63) is 71.0 Å². The molecule has 2 saturated heterocycles. The summed E-state index contributed by atoms with van der Waals surface area (Å²) in [6.07, 6.45) is -0.302. The molecule has 0 bridgehead atoms.